The topological polar surface area (TPSA) is 17.1 Å². The molecule has 0 heterocycles. The number of hydrogen-bond donors (Lipinski definition) is 0. The van der Waals surface area contributed by atoms with Crippen LogP contribution in [-0.2, 0) is 11.2 Å². The fraction of sp³-hybridized carbons (Fsp3) is 0.417. The Morgan fingerprint density at radius 2 is 2.27 bits per heavy atom. The van der Waals surface area contributed by atoms with Crippen LogP contribution in [0.1, 0.15) is 25.3 Å². The van der Waals surface area contributed by atoms with Crippen LogP contribution in [0.4, 0.5) is 4.39 Å². The quantitative estimate of drug-likeness (QED) is 0.781. The summed E-state index contributed by atoms with van der Waals surface area (Å²) in [6, 6.07) is 5.11. The van der Waals surface area contributed by atoms with Crippen molar-refractivity contribution in [3.8, 4) is 0 Å². The highest BCUT2D eigenvalue weighted by atomic mass is 32.2. The summed E-state index contributed by atoms with van der Waals surface area (Å²) in [4.78, 5) is 11.6. The molecule has 1 fully saturated rings. The van der Waals surface area contributed by atoms with E-state index in [1.54, 1.807) is 17.8 Å². The minimum absolute atomic E-state index is 0.0667. The summed E-state index contributed by atoms with van der Waals surface area (Å²) in [6.07, 6.45) is 2.71. The van der Waals surface area contributed by atoms with Crippen molar-refractivity contribution in [2.75, 3.05) is 0 Å². The number of carbonyl (C=O) groups excluding carboxylic acids is 1. The predicted octanol–water partition coefficient (Wildman–Crippen LogP) is 3.21. The Balaban J connectivity index is 2.10. The van der Waals surface area contributed by atoms with E-state index < -0.39 is 0 Å². The third-order valence-corrected chi connectivity index (χ3v) is 3.66. The van der Waals surface area contributed by atoms with Crippen LogP contribution in [0.3, 0.4) is 0 Å². The van der Waals surface area contributed by atoms with Crippen molar-refractivity contribution in [1.82, 2.24) is 0 Å². The molecule has 1 aromatic rings. The first-order valence-corrected chi connectivity index (χ1v) is 5.97. The zero-order valence-electron chi connectivity index (χ0n) is 8.63. The van der Waals surface area contributed by atoms with E-state index in [2.05, 4.69) is 0 Å². The molecule has 15 heavy (non-hydrogen) atoms. The lowest BCUT2D eigenvalue weighted by molar-refractivity contribution is -0.116. The van der Waals surface area contributed by atoms with E-state index in [0.29, 0.717) is 16.6 Å². The van der Waals surface area contributed by atoms with E-state index in [1.807, 2.05) is 6.07 Å². The number of ketones is 1. The standard InChI is InChI=1S/C12H13FOS/c1-8(14)6-9-2-5-12(11(13)7-9)15-10-3-4-10/h2,5,7,10H,3-4,6H2,1H3. The maximum absolute atomic E-state index is 13.6. The largest absolute Gasteiger partial charge is 0.300 e. The summed E-state index contributed by atoms with van der Waals surface area (Å²) >= 11 is 1.60. The molecule has 3 heteroatoms. The first kappa shape index (κ1) is 10.7. The smallest absolute Gasteiger partial charge is 0.137 e. The van der Waals surface area contributed by atoms with E-state index in [9.17, 15) is 9.18 Å². The second-order valence-electron chi connectivity index (χ2n) is 3.96. The van der Waals surface area contributed by atoms with Gasteiger partial charge in [0.1, 0.15) is 11.6 Å². The van der Waals surface area contributed by atoms with Gasteiger partial charge in [-0.25, -0.2) is 4.39 Å². The summed E-state index contributed by atoms with van der Waals surface area (Å²) < 4.78 is 13.6. The molecule has 0 aromatic heterocycles. The molecule has 0 spiro atoms. The first-order valence-electron chi connectivity index (χ1n) is 5.09. The van der Waals surface area contributed by atoms with Crippen molar-refractivity contribution >= 4 is 17.5 Å². The Morgan fingerprint density at radius 3 is 2.80 bits per heavy atom. The maximum Gasteiger partial charge on any atom is 0.137 e. The summed E-state index contributed by atoms with van der Waals surface area (Å²) in [5.41, 5.74) is 0.764. The minimum atomic E-state index is -0.189. The normalized spacial score (nSPS) is 15.3. The summed E-state index contributed by atoms with van der Waals surface area (Å²) in [6.45, 7) is 1.52. The lowest BCUT2D eigenvalue weighted by atomic mass is 10.1. The second-order valence-corrected chi connectivity index (χ2v) is 5.30. The number of halogens is 1. The molecular formula is C12H13FOS. The molecule has 0 unspecified atom stereocenters. The van der Waals surface area contributed by atoms with Crippen molar-refractivity contribution in [1.29, 1.82) is 0 Å². The van der Waals surface area contributed by atoms with Crippen molar-refractivity contribution in [3.05, 3.63) is 29.6 Å². The van der Waals surface area contributed by atoms with Gasteiger partial charge in [-0.15, -0.1) is 11.8 Å². The highest BCUT2D eigenvalue weighted by Crippen LogP contribution is 2.40. The van der Waals surface area contributed by atoms with Gasteiger partial charge in [0.15, 0.2) is 0 Å². The average Bonchev–Trinajstić information content (AvgIpc) is 2.92. The molecule has 0 N–H and O–H groups in total. The van der Waals surface area contributed by atoms with Gasteiger partial charge in [-0.1, -0.05) is 6.07 Å². The zero-order chi connectivity index (χ0) is 10.8. The molecule has 0 aliphatic heterocycles. The van der Waals surface area contributed by atoms with Crippen LogP contribution in [0.25, 0.3) is 0 Å². The van der Waals surface area contributed by atoms with Crippen LogP contribution >= 0.6 is 11.8 Å². The fourth-order valence-electron chi connectivity index (χ4n) is 1.40. The van der Waals surface area contributed by atoms with Crippen LogP contribution < -0.4 is 0 Å². The van der Waals surface area contributed by atoms with Gasteiger partial charge in [-0.3, -0.25) is 4.79 Å². The number of rotatable bonds is 4. The van der Waals surface area contributed by atoms with E-state index in [-0.39, 0.29) is 11.6 Å². The molecule has 1 saturated carbocycles. The third-order valence-electron chi connectivity index (χ3n) is 2.27. The summed E-state index contributed by atoms with van der Waals surface area (Å²) in [5.74, 6) is -0.123. The van der Waals surface area contributed by atoms with E-state index in [4.69, 9.17) is 0 Å². The van der Waals surface area contributed by atoms with Gasteiger partial charge in [0.05, 0.1) is 0 Å². The molecule has 1 aliphatic carbocycles. The molecule has 0 amide bonds. The van der Waals surface area contributed by atoms with Gasteiger partial charge in [0, 0.05) is 16.6 Å². The molecule has 1 aromatic carbocycles. The number of Topliss-reactive ketones (excluding diaryl/α,β-unsaturated/α-hetero) is 1. The number of benzene rings is 1. The van der Waals surface area contributed by atoms with Crippen LogP contribution in [0.5, 0.6) is 0 Å². The van der Waals surface area contributed by atoms with E-state index in [0.717, 1.165) is 5.56 Å². The molecule has 0 radical (unpaired) electrons. The van der Waals surface area contributed by atoms with Crippen molar-refractivity contribution in [2.45, 2.75) is 36.3 Å². The monoisotopic (exact) mass is 224 g/mol. The Morgan fingerprint density at radius 1 is 1.53 bits per heavy atom. The van der Waals surface area contributed by atoms with E-state index >= 15 is 0 Å². The third kappa shape index (κ3) is 3.06. The zero-order valence-corrected chi connectivity index (χ0v) is 9.44. The highest BCUT2D eigenvalue weighted by molar-refractivity contribution is 8.00. The first-order chi connectivity index (χ1) is 7.15. The number of carbonyl (C=O) groups is 1. The van der Waals surface area contributed by atoms with Gasteiger partial charge in [0.2, 0.25) is 0 Å². The number of hydrogen-bond acceptors (Lipinski definition) is 2. The van der Waals surface area contributed by atoms with E-state index in [1.165, 1.54) is 25.8 Å². The number of thioether (sulfide) groups is 1. The molecule has 0 saturated heterocycles. The molecule has 0 bridgehead atoms. The second kappa shape index (κ2) is 4.35. The summed E-state index contributed by atoms with van der Waals surface area (Å²) in [7, 11) is 0. The van der Waals surface area contributed by atoms with Crippen molar-refractivity contribution in [3.63, 3.8) is 0 Å². The van der Waals surface area contributed by atoms with Gasteiger partial charge in [-0.05, 0) is 37.5 Å². The van der Waals surface area contributed by atoms with Crippen molar-refractivity contribution < 1.29 is 9.18 Å². The van der Waals surface area contributed by atoms with Crippen LogP contribution in [0.2, 0.25) is 0 Å². The average molecular weight is 224 g/mol. The molecular weight excluding hydrogens is 211 g/mol. The van der Waals surface area contributed by atoms with Crippen LogP contribution in [0.15, 0.2) is 23.1 Å². The van der Waals surface area contributed by atoms with Crippen LogP contribution in [-0.4, -0.2) is 11.0 Å². The Kier molecular flexibility index (Phi) is 3.10. The molecule has 1 aliphatic rings. The fourth-order valence-corrected chi connectivity index (χ4v) is 2.45. The SMILES string of the molecule is CC(=O)Cc1ccc(SC2CC2)c(F)c1. The Hall–Kier alpha value is -0.830. The Bertz CT molecular complexity index is 385. The molecule has 80 valence electrons. The molecule has 0 atom stereocenters. The maximum atomic E-state index is 13.6. The molecule has 2 rings (SSSR count). The van der Waals surface area contributed by atoms with Gasteiger partial charge >= 0.3 is 0 Å². The summed E-state index contributed by atoms with van der Waals surface area (Å²) in [5, 5.41) is 0.609. The lowest BCUT2D eigenvalue weighted by Crippen LogP contribution is -1.97. The van der Waals surface area contributed by atoms with Gasteiger partial charge < -0.3 is 0 Å². The van der Waals surface area contributed by atoms with Crippen LogP contribution in [0, 0.1) is 5.82 Å². The molecule has 1 nitrogen and oxygen atoms in total. The predicted molar refractivity (Wildman–Crippen MR) is 59.7 cm³/mol. The Labute approximate surface area is 93.1 Å². The van der Waals surface area contributed by atoms with Gasteiger partial charge in [0.25, 0.3) is 0 Å². The van der Waals surface area contributed by atoms with Crippen molar-refractivity contribution in [2.24, 2.45) is 0 Å². The van der Waals surface area contributed by atoms with Gasteiger partial charge in [-0.2, -0.15) is 0 Å². The lowest BCUT2D eigenvalue weighted by Gasteiger charge is -2.03. The minimum Gasteiger partial charge on any atom is -0.300 e. The highest BCUT2D eigenvalue weighted by Gasteiger charge is 2.23.